The molecule has 0 aliphatic heterocycles. The van der Waals surface area contributed by atoms with E-state index in [0.29, 0.717) is 6.04 Å². The number of benzene rings is 1. The van der Waals surface area contributed by atoms with Gasteiger partial charge in [0.15, 0.2) is 0 Å². The molecule has 0 bridgehead atoms. The van der Waals surface area contributed by atoms with E-state index in [2.05, 4.69) is 50.4 Å². The Hall–Kier alpha value is -0.980. The Kier molecular flexibility index (Phi) is 3.52. The zero-order valence-corrected chi connectivity index (χ0v) is 10.7. The van der Waals surface area contributed by atoms with Gasteiger partial charge >= 0.3 is 0 Å². The summed E-state index contributed by atoms with van der Waals surface area (Å²) in [6.07, 6.45) is 3.81. The van der Waals surface area contributed by atoms with Gasteiger partial charge in [-0.2, -0.15) is 0 Å². The zero-order chi connectivity index (χ0) is 11.5. The lowest BCUT2D eigenvalue weighted by molar-refractivity contribution is 0.212. The molecule has 16 heavy (non-hydrogen) atoms. The van der Waals surface area contributed by atoms with E-state index < -0.39 is 0 Å². The van der Waals surface area contributed by atoms with Gasteiger partial charge in [0.2, 0.25) is 0 Å². The van der Waals surface area contributed by atoms with Crippen molar-refractivity contribution in [2.75, 3.05) is 5.32 Å². The summed E-state index contributed by atoms with van der Waals surface area (Å²) >= 11 is 0. The Bertz CT molecular complexity index is 320. The second-order valence-electron chi connectivity index (χ2n) is 5.37. The molecule has 1 nitrogen and oxygen atoms in total. The fraction of sp³-hybridized carbons (Fsp3) is 0.600. The molecule has 1 aromatic carbocycles. The maximum atomic E-state index is 3.61. The van der Waals surface area contributed by atoms with Crippen LogP contribution in [0, 0.1) is 11.8 Å². The molecular weight excluding hydrogens is 194 g/mol. The van der Waals surface area contributed by atoms with E-state index in [1.807, 2.05) is 0 Å². The first-order valence-electron chi connectivity index (χ1n) is 6.54. The van der Waals surface area contributed by atoms with Gasteiger partial charge in [-0.1, -0.05) is 32.9 Å². The topological polar surface area (TPSA) is 12.0 Å². The molecule has 0 amide bonds. The Morgan fingerprint density at radius 2 is 1.81 bits per heavy atom. The van der Waals surface area contributed by atoms with Crippen LogP contribution in [0.3, 0.4) is 0 Å². The van der Waals surface area contributed by atoms with Gasteiger partial charge in [-0.05, 0) is 48.8 Å². The van der Waals surface area contributed by atoms with Crippen LogP contribution in [0.1, 0.15) is 39.2 Å². The van der Waals surface area contributed by atoms with Crippen LogP contribution in [0.2, 0.25) is 0 Å². The zero-order valence-electron chi connectivity index (χ0n) is 10.7. The van der Waals surface area contributed by atoms with Crippen molar-refractivity contribution in [2.24, 2.45) is 11.8 Å². The van der Waals surface area contributed by atoms with E-state index in [1.165, 1.54) is 24.1 Å². The third-order valence-corrected chi connectivity index (χ3v) is 3.85. The molecule has 2 rings (SSSR count). The van der Waals surface area contributed by atoms with Gasteiger partial charge in [0.1, 0.15) is 0 Å². The average molecular weight is 217 g/mol. The van der Waals surface area contributed by atoms with Gasteiger partial charge in [-0.3, -0.25) is 0 Å². The van der Waals surface area contributed by atoms with Gasteiger partial charge in [-0.25, -0.2) is 0 Å². The van der Waals surface area contributed by atoms with Crippen molar-refractivity contribution in [1.82, 2.24) is 0 Å². The highest BCUT2D eigenvalue weighted by atomic mass is 14.9. The van der Waals surface area contributed by atoms with Crippen LogP contribution in [0.5, 0.6) is 0 Å². The van der Waals surface area contributed by atoms with Crippen molar-refractivity contribution in [1.29, 1.82) is 0 Å². The molecular formula is C15H23N. The van der Waals surface area contributed by atoms with Crippen LogP contribution in [-0.4, -0.2) is 6.04 Å². The van der Waals surface area contributed by atoms with Gasteiger partial charge in [0, 0.05) is 11.7 Å². The maximum absolute atomic E-state index is 3.61. The van der Waals surface area contributed by atoms with Crippen LogP contribution in [0.15, 0.2) is 24.3 Å². The lowest BCUT2D eigenvalue weighted by Gasteiger charge is -2.39. The highest BCUT2D eigenvalue weighted by Crippen LogP contribution is 2.35. The van der Waals surface area contributed by atoms with Crippen molar-refractivity contribution in [3.63, 3.8) is 0 Å². The van der Waals surface area contributed by atoms with Crippen LogP contribution >= 0.6 is 0 Å². The number of anilines is 1. The van der Waals surface area contributed by atoms with Gasteiger partial charge in [0.25, 0.3) is 0 Å². The first kappa shape index (κ1) is 11.5. The van der Waals surface area contributed by atoms with E-state index >= 15 is 0 Å². The molecule has 1 fully saturated rings. The predicted molar refractivity (Wildman–Crippen MR) is 70.8 cm³/mol. The van der Waals surface area contributed by atoms with Crippen LogP contribution < -0.4 is 5.32 Å². The largest absolute Gasteiger partial charge is 0.382 e. The van der Waals surface area contributed by atoms with Crippen LogP contribution in [-0.2, 0) is 6.42 Å². The Balaban J connectivity index is 1.82. The minimum Gasteiger partial charge on any atom is -0.382 e. The summed E-state index contributed by atoms with van der Waals surface area (Å²) in [6.45, 7) is 6.86. The summed E-state index contributed by atoms with van der Waals surface area (Å²) in [5, 5.41) is 3.61. The van der Waals surface area contributed by atoms with Crippen molar-refractivity contribution in [2.45, 2.75) is 46.1 Å². The SMILES string of the molecule is CCc1ccc(NC2CC(C(C)C)C2)cc1. The standard InChI is InChI=1S/C15H23N/c1-4-12-5-7-14(8-6-12)16-15-9-13(10-15)11(2)3/h5-8,11,13,15-16H,4,9-10H2,1-3H3. The van der Waals surface area contributed by atoms with Gasteiger partial charge < -0.3 is 5.32 Å². The second kappa shape index (κ2) is 4.90. The Morgan fingerprint density at radius 1 is 1.19 bits per heavy atom. The molecule has 1 saturated carbocycles. The summed E-state index contributed by atoms with van der Waals surface area (Å²) in [4.78, 5) is 0. The molecule has 0 radical (unpaired) electrons. The molecule has 0 saturated heterocycles. The summed E-state index contributed by atoms with van der Waals surface area (Å²) in [7, 11) is 0. The lowest BCUT2D eigenvalue weighted by atomic mass is 9.73. The lowest BCUT2D eigenvalue weighted by Crippen LogP contribution is -2.37. The Labute approximate surface area is 99.3 Å². The summed E-state index contributed by atoms with van der Waals surface area (Å²) in [5.41, 5.74) is 2.70. The molecule has 1 N–H and O–H groups in total. The van der Waals surface area contributed by atoms with Crippen molar-refractivity contribution >= 4 is 5.69 Å². The molecule has 1 aliphatic carbocycles. The molecule has 0 aromatic heterocycles. The Morgan fingerprint density at radius 3 is 2.31 bits per heavy atom. The first-order valence-corrected chi connectivity index (χ1v) is 6.54. The van der Waals surface area contributed by atoms with E-state index in [0.717, 1.165) is 18.3 Å². The van der Waals surface area contributed by atoms with Crippen LogP contribution in [0.25, 0.3) is 0 Å². The highest BCUT2D eigenvalue weighted by molar-refractivity contribution is 5.45. The first-order chi connectivity index (χ1) is 7.69. The van der Waals surface area contributed by atoms with Gasteiger partial charge in [-0.15, -0.1) is 0 Å². The number of rotatable bonds is 4. The van der Waals surface area contributed by atoms with E-state index in [-0.39, 0.29) is 0 Å². The summed E-state index contributed by atoms with van der Waals surface area (Å²) in [5.74, 6) is 1.79. The normalized spacial score (nSPS) is 24.2. The van der Waals surface area contributed by atoms with Crippen molar-refractivity contribution in [3.8, 4) is 0 Å². The third kappa shape index (κ3) is 2.58. The third-order valence-electron chi connectivity index (χ3n) is 3.85. The maximum Gasteiger partial charge on any atom is 0.0342 e. The average Bonchev–Trinajstić information content (AvgIpc) is 2.23. The fourth-order valence-corrected chi connectivity index (χ4v) is 2.40. The molecule has 1 aromatic rings. The molecule has 88 valence electrons. The summed E-state index contributed by atoms with van der Waals surface area (Å²) < 4.78 is 0. The molecule has 0 heterocycles. The van der Waals surface area contributed by atoms with E-state index in [9.17, 15) is 0 Å². The minimum absolute atomic E-state index is 0.708. The minimum atomic E-state index is 0.708. The highest BCUT2D eigenvalue weighted by Gasteiger charge is 2.30. The molecule has 0 unspecified atom stereocenters. The smallest absolute Gasteiger partial charge is 0.0342 e. The summed E-state index contributed by atoms with van der Waals surface area (Å²) in [6, 6.07) is 9.57. The predicted octanol–water partition coefficient (Wildman–Crippen LogP) is 4.10. The van der Waals surface area contributed by atoms with Crippen LogP contribution in [0.4, 0.5) is 5.69 Å². The second-order valence-corrected chi connectivity index (χ2v) is 5.37. The number of aryl methyl sites for hydroxylation is 1. The number of hydrogen-bond acceptors (Lipinski definition) is 1. The number of nitrogens with one attached hydrogen (secondary N) is 1. The van der Waals surface area contributed by atoms with E-state index in [1.54, 1.807) is 0 Å². The molecule has 1 heteroatoms. The molecule has 0 atom stereocenters. The molecule has 0 spiro atoms. The monoisotopic (exact) mass is 217 g/mol. The van der Waals surface area contributed by atoms with Gasteiger partial charge in [0.05, 0.1) is 0 Å². The van der Waals surface area contributed by atoms with Crippen molar-refractivity contribution < 1.29 is 0 Å². The molecule has 1 aliphatic rings. The van der Waals surface area contributed by atoms with Crippen molar-refractivity contribution in [3.05, 3.63) is 29.8 Å². The van der Waals surface area contributed by atoms with E-state index in [4.69, 9.17) is 0 Å². The quantitative estimate of drug-likeness (QED) is 0.800. The fourth-order valence-electron chi connectivity index (χ4n) is 2.40. The number of hydrogen-bond donors (Lipinski definition) is 1.